The van der Waals surface area contributed by atoms with Gasteiger partial charge in [-0.2, -0.15) is 0 Å². The topological polar surface area (TPSA) is 51.1 Å². The third kappa shape index (κ3) is 5.32. The van der Waals surface area contributed by atoms with Crippen molar-refractivity contribution in [3.8, 4) is 0 Å². The van der Waals surface area contributed by atoms with Crippen LogP contribution in [0.15, 0.2) is 65.6 Å². The lowest BCUT2D eigenvalue weighted by Crippen LogP contribution is -2.24. The SMILES string of the molecule is O=C(Nc1cccn(Cc2ccc(Cl)c(Cl)c2)c1=O)SCc1ccccc1Cl. The van der Waals surface area contributed by atoms with Crippen molar-refractivity contribution in [1.82, 2.24) is 4.57 Å². The first-order valence-corrected chi connectivity index (χ1v) is 10.4. The number of nitrogens with one attached hydrogen (secondary N) is 1. The number of hydrogen-bond acceptors (Lipinski definition) is 3. The zero-order valence-corrected chi connectivity index (χ0v) is 17.6. The van der Waals surface area contributed by atoms with Crippen LogP contribution in [-0.2, 0) is 12.3 Å². The molecule has 0 unspecified atom stereocenters. The van der Waals surface area contributed by atoms with E-state index in [1.54, 1.807) is 42.6 Å². The van der Waals surface area contributed by atoms with Crippen LogP contribution in [0.25, 0.3) is 0 Å². The van der Waals surface area contributed by atoms with Crippen LogP contribution in [0.4, 0.5) is 10.5 Å². The van der Waals surface area contributed by atoms with Crippen LogP contribution in [0, 0.1) is 0 Å². The number of pyridine rings is 1. The first-order valence-electron chi connectivity index (χ1n) is 8.24. The molecule has 1 heterocycles. The molecule has 4 nitrogen and oxygen atoms in total. The van der Waals surface area contributed by atoms with E-state index in [4.69, 9.17) is 34.8 Å². The maximum Gasteiger partial charge on any atom is 0.283 e. The van der Waals surface area contributed by atoms with Gasteiger partial charge in [0.05, 0.1) is 16.6 Å². The Morgan fingerprint density at radius 2 is 1.75 bits per heavy atom. The van der Waals surface area contributed by atoms with Gasteiger partial charge in [0.2, 0.25) is 0 Å². The van der Waals surface area contributed by atoms with Crippen LogP contribution in [0.5, 0.6) is 0 Å². The Morgan fingerprint density at radius 1 is 0.964 bits per heavy atom. The summed E-state index contributed by atoms with van der Waals surface area (Å²) < 4.78 is 1.49. The second-order valence-corrected chi connectivity index (χ2v) is 8.07. The highest BCUT2D eigenvalue weighted by Crippen LogP contribution is 2.23. The third-order valence-corrected chi connectivity index (χ3v) is 5.84. The van der Waals surface area contributed by atoms with Crippen molar-refractivity contribution in [3.05, 3.63) is 97.3 Å². The van der Waals surface area contributed by atoms with Gasteiger partial charge in [-0.25, -0.2) is 0 Å². The van der Waals surface area contributed by atoms with Crippen molar-refractivity contribution in [2.24, 2.45) is 0 Å². The second-order valence-electron chi connectivity index (χ2n) is 5.90. The van der Waals surface area contributed by atoms with Crippen molar-refractivity contribution >= 4 is 57.5 Å². The van der Waals surface area contributed by atoms with Crippen molar-refractivity contribution in [2.75, 3.05) is 5.32 Å². The second kappa shape index (κ2) is 9.52. The lowest BCUT2D eigenvalue weighted by Gasteiger charge is -2.10. The fraction of sp³-hybridized carbons (Fsp3) is 0.100. The Morgan fingerprint density at radius 3 is 2.50 bits per heavy atom. The molecule has 144 valence electrons. The molecule has 0 spiro atoms. The molecule has 0 bridgehead atoms. The van der Waals surface area contributed by atoms with E-state index >= 15 is 0 Å². The Kier molecular flexibility index (Phi) is 7.08. The summed E-state index contributed by atoms with van der Waals surface area (Å²) in [6.45, 7) is 0.312. The average molecular weight is 454 g/mol. The molecule has 1 aromatic heterocycles. The molecule has 0 atom stereocenters. The summed E-state index contributed by atoms with van der Waals surface area (Å²) in [4.78, 5) is 24.9. The number of rotatable bonds is 5. The summed E-state index contributed by atoms with van der Waals surface area (Å²) in [6, 6.07) is 15.8. The lowest BCUT2D eigenvalue weighted by atomic mass is 10.2. The van der Waals surface area contributed by atoms with Gasteiger partial charge in [-0.15, -0.1) is 0 Å². The Balaban J connectivity index is 1.68. The van der Waals surface area contributed by atoms with E-state index in [2.05, 4.69) is 5.32 Å². The zero-order chi connectivity index (χ0) is 20.1. The van der Waals surface area contributed by atoms with Crippen molar-refractivity contribution < 1.29 is 4.79 Å². The number of thioether (sulfide) groups is 1. The molecule has 8 heteroatoms. The molecule has 3 aromatic rings. The van der Waals surface area contributed by atoms with E-state index < -0.39 is 0 Å². The predicted molar refractivity (Wildman–Crippen MR) is 118 cm³/mol. The summed E-state index contributed by atoms with van der Waals surface area (Å²) in [7, 11) is 0. The van der Waals surface area contributed by atoms with Crippen molar-refractivity contribution in [3.63, 3.8) is 0 Å². The minimum absolute atomic E-state index is 0.208. The summed E-state index contributed by atoms with van der Waals surface area (Å²) in [6.07, 6.45) is 1.65. The third-order valence-electron chi connectivity index (χ3n) is 3.91. The Hall–Kier alpha value is -1.92. The molecule has 1 amide bonds. The van der Waals surface area contributed by atoms with Gasteiger partial charge in [0.15, 0.2) is 0 Å². The van der Waals surface area contributed by atoms with E-state index in [-0.39, 0.29) is 16.5 Å². The molecule has 2 aromatic carbocycles. The monoisotopic (exact) mass is 452 g/mol. The van der Waals surface area contributed by atoms with Crippen molar-refractivity contribution in [1.29, 1.82) is 0 Å². The quantitative estimate of drug-likeness (QED) is 0.491. The summed E-state index contributed by atoms with van der Waals surface area (Å²) in [5.41, 5.74) is 1.59. The largest absolute Gasteiger partial charge is 0.312 e. The number of nitrogens with zero attached hydrogens (tertiary/aromatic N) is 1. The maximum absolute atomic E-state index is 12.6. The van der Waals surface area contributed by atoms with Gasteiger partial charge >= 0.3 is 0 Å². The van der Waals surface area contributed by atoms with Crippen LogP contribution in [0.2, 0.25) is 15.1 Å². The van der Waals surface area contributed by atoms with Crippen LogP contribution >= 0.6 is 46.6 Å². The van der Waals surface area contributed by atoms with Gasteiger partial charge < -0.3 is 9.88 Å². The summed E-state index contributed by atoms with van der Waals surface area (Å²) in [5, 5.41) is 3.80. The normalized spacial score (nSPS) is 10.7. The average Bonchev–Trinajstić information content (AvgIpc) is 2.67. The molecule has 28 heavy (non-hydrogen) atoms. The van der Waals surface area contributed by atoms with E-state index in [9.17, 15) is 9.59 Å². The van der Waals surface area contributed by atoms with Gasteiger partial charge in [-0.3, -0.25) is 9.59 Å². The minimum Gasteiger partial charge on any atom is -0.312 e. The lowest BCUT2D eigenvalue weighted by molar-refractivity contribution is 0.269. The maximum atomic E-state index is 12.6. The molecule has 0 fully saturated rings. The fourth-order valence-corrected chi connectivity index (χ4v) is 3.82. The van der Waals surface area contributed by atoms with Crippen LogP contribution in [0.1, 0.15) is 11.1 Å². The van der Waals surface area contributed by atoms with E-state index in [1.165, 1.54) is 4.57 Å². The van der Waals surface area contributed by atoms with Gasteiger partial charge in [0, 0.05) is 17.0 Å². The van der Waals surface area contributed by atoms with E-state index in [0.29, 0.717) is 27.4 Å². The standard InChI is InChI=1S/C20H15Cl3N2O2S/c21-15-5-2-1-4-14(15)12-28-20(27)24-18-6-3-9-25(19(18)26)11-13-7-8-16(22)17(23)10-13/h1-10H,11-12H2,(H,24,27). The molecule has 3 rings (SSSR count). The van der Waals surface area contributed by atoms with Gasteiger partial charge in [0.1, 0.15) is 5.69 Å². The fourth-order valence-electron chi connectivity index (χ4n) is 2.50. The smallest absolute Gasteiger partial charge is 0.283 e. The van der Waals surface area contributed by atoms with Crippen molar-refractivity contribution in [2.45, 2.75) is 12.3 Å². The Labute approximate surface area is 181 Å². The molecule has 0 radical (unpaired) electrons. The summed E-state index contributed by atoms with van der Waals surface area (Å²) in [5.74, 6) is 0.413. The number of hydrogen-bond donors (Lipinski definition) is 1. The molecule has 0 saturated carbocycles. The van der Waals surface area contributed by atoms with E-state index in [1.807, 2.05) is 18.2 Å². The number of amides is 1. The molecular weight excluding hydrogens is 439 g/mol. The molecule has 0 saturated heterocycles. The van der Waals surface area contributed by atoms with Crippen LogP contribution in [-0.4, -0.2) is 9.81 Å². The zero-order valence-electron chi connectivity index (χ0n) is 14.5. The van der Waals surface area contributed by atoms with Crippen LogP contribution < -0.4 is 10.9 Å². The molecule has 0 aliphatic heterocycles. The first-order chi connectivity index (χ1) is 13.4. The highest BCUT2D eigenvalue weighted by atomic mass is 35.5. The number of anilines is 1. The first kappa shape index (κ1) is 20.8. The Bertz CT molecular complexity index is 1070. The molecule has 0 aliphatic carbocycles. The number of aromatic nitrogens is 1. The minimum atomic E-state index is -0.329. The molecular formula is C20H15Cl3N2O2S. The number of benzene rings is 2. The van der Waals surface area contributed by atoms with Gasteiger partial charge in [-0.1, -0.05) is 70.8 Å². The number of halogens is 3. The molecule has 0 aliphatic rings. The summed E-state index contributed by atoms with van der Waals surface area (Å²) >= 11 is 19.1. The highest BCUT2D eigenvalue weighted by Gasteiger charge is 2.10. The number of carbonyl (C=O) groups excluding carboxylic acids is 1. The van der Waals surface area contributed by atoms with Crippen LogP contribution in [0.3, 0.4) is 0 Å². The van der Waals surface area contributed by atoms with E-state index in [0.717, 1.165) is 22.9 Å². The highest BCUT2D eigenvalue weighted by molar-refractivity contribution is 8.13. The number of carbonyl (C=O) groups is 1. The van der Waals surface area contributed by atoms with Gasteiger partial charge in [-0.05, 0) is 41.5 Å². The van der Waals surface area contributed by atoms with Gasteiger partial charge in [0.25, 0.3) is 10.8 Å². The molecule has 1 N–H and O–H groups in total. The predicted octanol–water partition coefficient (Wildman–Crippen LogP) is 6.32.